The molecule has 1 N–H and O–H groups in total. The van der Waals surface area contributed by atoms with Crippen molar-refractivity contribution in [3.8, 4) is 0 Å². The van der Waals surface area contributed by atoms with E-state index in [0.29, 0.717) is 10.9 Å². The molecule has 0 spiro atoms. The summed E-state index contributed by atoms with van der Waals surface area (Å²) in [6.45, 7) is -1.94. The molecule has 0 saturated heterocycles. The van der Waals surface area contributed by atoms with Gasteiger partial charge in [-0.2, -0.15) is 8.78 Å². The van der Waals surface area contributed by atoms with E-state index in [1.807, 2.05) is 0 Å². The lowest BCUT2D eigenvalue weighted by molar-refractivity contribution is -0.170. The number of hydrogen-bond donors (Lipinski definition) is 1. The van der Waals surface area contributed by atoms with Gasteiger partial charge in [0, 0.05) is 17.8 Å². The lowest BCUT2D eigenvalue weighted by Gasteiger charge is -2.18. The maximum atomic E-state index is 12.7. The molecule has 1 aromatic carbocycles. The third-order valence-corrected chi connectivity index (χ3v) is 2.97. The largest absolute Gasteiger partial charge is 0.386 e. The fraction of sp³-hybridized carbons (Fsp3) is 0.357. The van der Waals surface area contributed by atoms with Gasteiger partial charge in [0.05, 0.1) is 6.61 Å². The number of ether oxygens (including phenoxy) is 1. The Morgan fingerprint density at radius 2 is 2.00 bits per heavy atom. The van der Waals surface area contributed by atoms with Crippen molar-refractivity contribution in [1.29, 1.82) is 0 Å². The molecule has 3 nitrogen and oxygen atoms in total. The normalized spacial score (nSPS) is 13.8. The maximum Gasteiger partial charge on any atom is 0.330 e. The minimum absolute atomic E-state index is 0.445. The molecule has 0 aliphatic heterocycles. The van der Waals surface area contributed by atoms with E-state index in [-0.39, 0.29) is 0 Å². The summed E-state index contributed by atoms with van der Waals surface area (Å²) in [5, 5.41) is 11.4. The molecule has 1 unspecified atom stereocenters. The monoisotopic (exact) mass is 303 g/mol. The van der Waals surface area contributed by atoms with Crippen LogP contribution < -0.4 is 0 Å². The Labute approximate surface area is 118 Å². The van der Waals surface area contributed by atoms with Gasteiger partial charge in [-0.25, -0.2) is 8.78 Å². The van der Waals surface area contributed by atoms with E-state index in [1.54, 1.807) is 30.5 Å². The predicted octanol–water partition coefficient (Wildman–Crippen LogP) is 3.19. The number of benzene rings is 1. The van der Waals surface area contributed by atoms with Crippen molar-refractivity contribution in [3.05, 3.63) is 42.2 Å². The minimum atomic E-state index is -4.22. The number of aliphatic hydroxyl groups is 1. The lowest BCUT2D eigenvalue weighted by atomic mass is 10.0. The molecule has 0 amide bonds. The molecule has 2 aromatic rings. The number of pyridine rings is 1. The molecule has 0 saturated carbocycles. The Balaban J connectivity index is 2.04. The molecule has 1 heterocycles. The van der Waals surface area contributed by atoms with Crippen LogP contribution in [0.1, 0.15) is 11.7 Å². The first-order valence-electron chi connectivity index (χ1n) is 6.16. The van der Waals surface area contributed by atoms with E-state index in [0.717, 1.165) is 5.39 Å². The number of hydrogen-bond acceptors (Lipinski definition) is 3. The van der Waals surface area contributed by atoms with Gasteiger partial charge in [-0.05, 0) is 17.0 Å². The van der Waals surface area contributed by atoms with E-state index >= 15 is 0 Å². The summed E-state index contributed by atoms with van der Waals surface area (Å²) < 4.78 is 53.8. The highest BCUT2D eigenvalue weighted by molar-refractivity contribution is 5.85. The van der Waals surface area contributed by atoms with Crippen LogP contribution in [0.2, 0.25) is 0 Å². The Hall–Kier alpha value is -1.73. The quantitative estimate of drug-likeness (QED) is 0.833. The lowest BCUT2D eigenvalue weighted by Crippen LogP contribution is -2.33. The van der Waals surface area contributed by atoms with Crippen molar-refractivity contribution in [2.24, 2.45) is 0 Å². The Morgan fingerprint density at radius 3 is 2.71 bits per heavy atom. The zero-order chi connectivity index (χ0) is 15.5. The summed E-state index contributed by atoms with van der Waals surface area (Å²) in [4.78, 5) is 3.93. The summed E-state index contributed by atoms with van der Waals surface area (Å²) in [5.41, 5.74) is 0.445. The number of aliphatic hydroxyl groups excluding tert-OH is 1. The third kappa shape index (κ3) is 3.68. The number of aromatic nitrogens is 1. The highest BCUT2D eigenvalue weighted by Crippen LogP contribution is 2.26. The zero-order valence-corrected chi connectivity index (χ0v) is 10.8. The van der Waals surface area contributed by atoms with Crippen LogP contribution in [0.4, 0.5) is 17.6 Å². The highest BCUT2D eigenvalue weighted by atomic mass is 19.3. The van der Waals surface area contributed by atoms with Gasteiger partial charge < -0.3 is 9.84 Å². The first kappa shape index (κ1) is 15.7. The number of rotatable bonds is 6. The first-order valence-corrected chi connectivity index (χ1v) is 6.16. The van der Waals surface area contributed by atoms with Gasteiger partial charge >= 0.3 is 12.3 Å². The smallest absolute Gasteiger partial charge is 0.330 e. The Morgan fingerprint density at radius 1 is 1.24 bits per heavy atom. The van der Waals surface area contributed by atoms with Crippen molar-refractivity contribution in [2.75, 3.05) is 13.2 Å². The number of halogens is 4. The second-order valence-electron chi connectivity index (χ2n) is 4.54. The SMILES string of the molecule is OC(COCC(F)(F)C(F)F)c1cccc2ccncc12. The van der Waals surface area contributed by atoms with Crippen LogP contribution in [-0.2, 0) is 4.74 Å². The van der Waals surface area contributed by atoms with Gasteiger partial charge in [-0.1, -0.05) is 18.2 Å². The zero-order valence-electron chi connectivity index (χ0n) is 10.8. The summed E-state index contributed by atoms with van der Waals surface area (Å²) >= 11 is 0. The molecule has 0 fully saturated rings. The molecule has 0 aliphatic rings. The summed E-state index contributed by atoms with van der Waals surface area (Å²) in [6.07, 6.45) is -1.89. The van der Waals surface area contributed by atoms with Gasteiger partial charge in [-0.15, -0.1) is 0 Å². The van der Waals surface area contributed by atoms with Crippen LogP contribution in [0.5, 0.6) is 0 Å². The van der Waals surface area contributed by atoms with Crippen LogP contribution in [0.15, 0.2) is 36.7 Å². The third-order valence-electron chi connectivity index (χ3n) is 2.97. The van der Waals surface area contributed by atoms with Crippen molar-refractivity contribution in [2.45, 2.75) is 18.5 Å². The summed E-state index contributed by atoms with van der Waals surface area (Å²) in [7, 11) is 0. The van der Waals surface area contributed by atoms with Gasteiger partial charge in [0.1, 0.15) is 12.7 Å². The van der Waals surface area contributed by atoms with E-state index < -0.39 is 31.7 Å². The van der Waals surface area contributed by atoms with Gasteiger partial charge in [0.25, 0.3) is 0 Å². The van der Waals surface area contributed by atoms with Crippen molar-refractivity contribution < 1.29 is 27.4 Å². The standard InChI is InChI=1S/C14H13F4NO2/c15-13(16)14(17,18)8-21-7-12(20)10-3-1-2-9-4-5-19-6-11(9)10/h1-6,12-13,20H,7-8H2. The van der Waals surface area contributed by atoms with Crippen LogP contribution in [0.3, 0.4) is 0 Å². The molecular formula is C14H13F4NO2. The van der Waals surface area contributed by atoms with E-state index in [4.69, 9.17) is 0 Å². The molecular weight excluding hydrogens is 290 g/mol. The molecule has 21 heavy (non-hydrogen) atoms. The average Bonchev–Trinajstić information content (AvgIpc) is 2.46. The highest BCUT2D eigenvalue weighted by Gasteiger charge is 2.41. The predicted molar refractivity (Wildman–Crippen MR) is 68.5 cm³/mol. The van der Waals surface area contributed by atoms with E-state index in [9.17, 15) is 22.7 Å². The first-order chi connectivity index (χ1) is 9.92. The number of alkyl halides is 4. The molecule has 114 valence electrons. The van der Waals surface area contributed by atoms with Crippen LogP contribution in [0.25, 0.3) is 10.8 Å². The fourth-order valence-electron chi connectivity index (χ4n) is 1.89. The van der Waals surface area contributed by atoms with Crippen molar-refractivity contribution in [3.63, 3.8) is 0 Å². The van der Waals surface area contributed by atoms with Gasteiger partial charge in [-0.3, -0.25) is 4.98 Å². The van der Waals surface area contributed by atoms with Crippen LogP contribution in [-0.4, -0.2) is 35.7 Å². The second kappa shape index (κ2) is 6.36. The van der Waals surface area contributed by atoms with Crippen molar-refractivity contribution >= 4 is 10.8 Å². The molecule has 1 aromatic heterocycles. The molecule has 7 heteroatoms. The number of fused-ring (bicyclic) bond motifs is 1. The Bertz CT molecular complexity index is 601. The fourth-order valence-corrected chi connectivity index (χ4v) is 1.89. The molecule has 0 bridgehead atoms. The molecule has 0 radical (unpaired) electrons. The molecule has 2 rings (SSSR count). The second-order valence-corrected chi connectivity index (χ2v) is 4.54. The van der Waals surface area contributed by atoms with Crippen molar-refractivity contribution in [1.82, 2.24) is 4.98 Å². The summed E-state index contributed by atoms with van der Waals surface area (Å²) in [5.74, 6) is -4.22. The molecule has 1 atom stereocenters. The molecule has 0 aliphatic carbocycles. The van der Waals surface area contributed by atoms with Crippen LogP contribution in [0, 0.1) is 0 Å². The van der Waals surface area contributed by atoms with Gasteiger partial charge in [0.15, 0.2) is 0 Å². The minimum Gasteiger partial charge on any atom is -0.386 e. The topological polar surface area (TPSA) is 42.4 Å². The van der Waals surface area contributed by atoms with Gasteiger partial charge in [0.2, 0.25) is 0 Å². The number of nitrogens with zero attached hydrogens (tertiary/aromatic N) is 1. The Kier molecular flexibility index (Phi) is 4.74. The van der Waals surface area contributed by atoms with E-state index in [2.05, 4.69) is 9.72 Å². The average molecular weight is 303 g/mol. The van der Waals surface area contributed by atoms with E-state index in [1.165, 1.54) is 6.20 Å². The van der Waals surface area contributed by atoms with Crippen LogP contribution >= 0.6 is 0 Å². The maximum absolute atomic E-state index is 12.7. The summed E-state index contributed by atoms with van der Waals surface area (Å²) in [6, 6.07) is 6.83.